The molecule has 9 nitrogen and oxygen atoms in total. The second kappa shape index (κ2) is 13.5. The minimum absolute atomic E-state index is 0.0138. The summed E-state index contributed by atoms with van der Waals surface area (Å²) in [5.74, 6) is 0.947. The molecule has 3 heterocycles. The molecule has 0 radical (unpaired) electrons. The van der Waals surface area contributed by atoms with E-state index in [9.17, 15) is 9.59 Å². The Labute approximate surface area is 266 Å². The molecule has 6 rings (SSSR count). The van der Waals surface area contributed by atoms with Gasteiger partial charge in [0, 0.05) is 54.1 Å². The van der Waals surface area contributed by atoms with Crippen LogP contribution in [0.5, 0.6) is 5.75 Å². The molecule has 238 valence electrons. The largest absolute Gasteiger partial charge is 0.493 e. The van der Waals surface area contributed by atoms with E-state index in [1.807, 2.05) is 23.1 Å². The molecule has 3 aromatic rings. The van der Waals surface area contributed by atoms with Crippen LogP contribution in [0.2, 0.25) is 0 Å². The van der Waals surface area contributed by atoms with Gasteiger partial charge in [0.2, 0.25) is 0 Å². The summed E-state index contributed by atoms with van der Waals surface area (Å²) in [6.45, 7) is 8.55. The van der Waals surface area contributed by atoms with Gasteiger partial charge in [-0.2, -0.15) is 0 Å². The number of nitrogens with two attached hydrogens (primary N) is 2. The maximum atomic E-state index is 13.5. The Morgan fingerprint density at radius 3 is 2.42 bits per heavy atom. The quantitative estimate of drug-likeness (QED) is 0.299. The van der Waals surface area contributed by atoms with Gasteiger partial charge in [-0.1, -0.05) is 12.5 Å². The van der Waals surface area contributed by atoms with Crippen LogP contribution >= 0.6 is 0 Å². The van der Waals surface area contributed by atoms with Crippen LogP contribution in [0.4, 0.5) is 11.5 Å². The predicted molar refractivity (Wildman–Crippen MR) is 178 cm³/mol. The summed E-state index contributed by atoms with van der Waals surface area (Å²) in [5.41, 5.74) is 17.7. The summed E-state index contributed by atoms with van der Waals surface area (Å²) >= 11 is 0. The Morgan fingerprint density at radius 1 is 0.889 bits per heavy atom. The number of hydrogen-bond acceptors (Lipinski definition) is 7. The zero-order chi connectivity index (χ0) is 31.5. The normalized spacial score (nSPS) is 20.8. The standard InChI is InChI=1S/C36H46N6O3/c1-23-8-9-31(16-24(23)2)45-22-25-6-5-7-33(25)40-35(43)32-20-28(21-39-34(32)38)26-17-27(19-29(37)18-26)36(44)42-14-10-30(11-15-42)41-12-3-4-13-41/h8-9,16-21,25,30,33H,3-7,10-15,22,37H2,1-2H3,(H2,38,39)(H,40,43)/t25-,33+/m1/s1. The number of ether oxygens (including phenoxy) is 1. The SMILES string of the molecule is Cc1ccc(OC[C@H]2CCC[C@@H]2NC(=O)c2cc(-c3cc(N)cc(C(=O)N4CCC(N5CCCC5)CC4)c3)cnc2N)cc1C. The highest BCUT2D eigenvalue weighted by atomic mass is 16.5. The molecule has 2 aromatic carbocycles. The van der Waals surface area contributed by atoms with Crippen molar-refractivity contribution in [2.75, 3.05) is 44.3 Å². The van der Waals surface area contributed by atoms with Crippen molar-refractivity contribution >= 4 is 23.3 Å². The van der Waals surface area contributed by atoms with Crippen molar-refractivity contribution in [2.24, 2.45) is 5.92 Å². The summed E-state index contributed by atoms with van der Waals surface area (Å²) in [5, 5.41) is 3.20. The van der Waals surface area contributed by atoms with E-state index < -0.39 is 0 Å². The van der Waals surface area contributed by atoms with Gasteiger partial charge in [0.05, 0.1) is 12.2 Å². The van der Waals surface area contributed by atoms with Gasteiger partial charge in [0.1, 0.15) is 11.6 Å². The maximum absolute atomic E-state index is 13.5. The number of nitrogens with zero attached hydrogens (tertiary/aromatic N) is 3. The van der Waals surface area contributed by atoms with Crippen molar-refractivity contribution in [1.82, 2.24) is 20.1 Å². The van der Waals surface area contributed by atoms with E-state index in [1.54, 1.807) is 18.3 Å². The number of nitrogens with one attached hydrogen (secondary N) is 1. The molecule has 0 bridgehead atoms. The van der Waals surface area contributed by atoms with E-state index in [1.165, 1.54) is 37.1 Å². The van der Waals surface area contributed by atoms with Crippen molar-refractivity contribution in [3.05, 3.63) is 70.9 Å². The van der Waals surface area contributed by atoms with Crippen LogP contribution in [-0.2, 0) is 0 Å². The molecule has 2 atom stereocenters. The zero-order valence-corrected chi connectivity index (χ0v) is 26.6. The molecule has 2 aliphatic heterocycles. The number of amides is 2. The molecule has 5 N–H and O–H groups in total. The number of carbonyl (C=O) groups excluding carboxylic acids is 2. The molecule has 3 aliphatic rings. The number of rotatable bonds is 8. The lowest BCUT2D eigenvalue weighted by molar-refractivity contribution is 0.0644. The second-order valence-corrected chi connectivity index (χ2v) is 13.1. The monoisotopic (exact) mass is 610 g/mol. The molecule has 1 aromatic heterocycles. The van der Waals surface area contributed by atoms with Gasteiger partial charge >= 0.3 is 0 Å². The number of nitrogen functional groups attached to an aromatic ring is 2. The summed E-state index contributed by atoms with van der Waals surface area (Å²) in [7, 11) is 0. The third kappa shape index (κ3) is 7.09. The van der Waals surface area contributed by atoms with Crippen molar-refractivity contribution in [1.29, 1.82) is 0 Å². The highest BCUT2D eigenvalue weighted by Gasteiger charge is 2.31. The van der Waals surface area contributed by atoms with Crippen LogP contribution in [0, 0.1) is 19.8 Å². The summed E-state index contributed by atoms with van der Waals surface area (Å²) < 4.78 is 6.12. The number of benzene rings is 2. The fourth-order valence-corrected chi connectivity index (χ4v) is 7.16. The molecule has 45 heavy (non-hydrogen) atoms. The average molecular weight is 611 g/mol. The molecule has 1 saturated carbocycles. The number of likely N-dealkylation sites (tertiary alicyclic amines) is 2. The minimum Gasteiger partial charge on any atom is -0.493 e. The van der Waals surface area contributed by atoms with Gasteiger partial charge in [0.25, 0.3) is 11.8 Å². The Kier molecular flexibility index (Phi) is 9.26. The molecule has 0 spiro atoms. The number of pyridine rings is 1. The molecule has 3 fully saturated rings. The lowest BCUT2D eigenvalue weighted by Crippen LogP contribution is -2.45. The lowest BCUT2D eigenvalue weighted by atomic mass is 9.99. The summed E-state index contributed by atoms with van der Waals surface area (Å²) in [6.07, 6.45) is 9.08. The van der Waals surface area contributed by atoms with E-state index in [2.05, 4.69) is 41.2 Å². The zero-order valence-electron chi connectivity index (χ0n) is 26.6. The van der Waals surface area contributed by atoms with Gasteiger partial charge < -0.3 is 31.3 Å². The third-order valence-electron chi connectivity index (χ3n) is 10.0. The fraction of sp³-hybridized carbons (Fsp3) is 0.472. The first kappa shape index (κ1) is 30.9. The van der Waals surface area contributed by atoms with E-state index in [0.717, 1.165) is 56.5 Å². The summed E-state index contributed by atoms with van der Waals surface area (Å²) in [4.78, 5) is 35.9. The van der Waals surface area contributed by atoms with Crippen LogP contribution < -0.4 is 21.5 Å². The van der Waals surface area contributed by atoms with Crippen molar-refractivity contribution in [3.8, 4) is 16.9 Å². The Morgan fingerprint density at radius 2 is 1.67 bits per heavy atom. The molecule has 9 heteroatoms. The highest BCUT2D eigenvalue weighted by Crippen LogP contribution is 2.30. The first-order valence-electron chi connectivity index (χ1n) is 16.5. The van der Waals surface area contributed by atoms with E-state index >= 15 is 0 Å². The Bertz CT molecular complexity index is 1540. The molecular weight excluding hydrogens is 564 g/mol. The molecule has 1 aliphatic carbocycles. The van der Waals surface area contributed by atoms with Gasteiger partial charge in [0.15, 0.2) is 0 Å². The first-order valence-corrected chi connectivity index (χ1v) is 16.5. The minimum atomic E-state index is -0.258. The van der Waals surface area contributed by atoms with Crippen molar-refractivity contribution in [3.63, 3.8) is 0 Å². The molecule has 2 saturated heterocycles. The molecule has 2 amide bonds. The topological polar surface area (TPSA) is 127 Å². The highest BCUT2D eigenvalue weighted by molar-refractivity contribution is 6.00. The fourth-order valence-electron chi connectivity index (χ4n) is 7.16. The van der Waals surface area contributed by atoms with E-state index in [-0.39, 0.29) is 29.6 Å². The Balaban J connectivity index is 1.12. The van der Waals surface area contributed by atoms with E-state index in [4.69, 9.17) is 16.2 Å². The lowest BCUT2D eigenvalue weighted by Gasteiger charge is -2.36. The number of carbonyl (C=O) groups is 2. The number of hydrogen-bond donors (Lipinski definition) is 3. The first-order chi connectivity index (χ1) is 21.7. The van der Waals surface area contributed by atoms with Gasteiger partial charge in [-0.25, -0.2) is 4.98 Å². The number of piperidine rings is 1. The van der Waals surface area contributed by atoms with Crippen LogP contribution in [-0.4, -0.2) is 71.5 Å². The van der Waals surface area contributed by atoms with Gasteiger partial charge in [-0.15, -0.1) is 0 Å². The smallest absolute Gasteiger partial charge is 0.255 e. The molecular formula is C36H46N6O3. The Hall–Kier alpha value is -4.11. The van der Waals surface area contributed by atoms with Gasteiger partial charge in [-0.05, 0) is 119 Å². The van der Waals surface area contributed by atoms with Crippen LogP contribution in [0.3, 0.4) is 0 Å². The number of aromatic nitrogens is 1. The number of aryl methyl sites for hydroxylation is 2. The van der Waals surface area contributed by atoms with E-state index in [0.29, 0.717) is 35.0 Å². The van der Waals surface area contributed by atoms with Gasteiger partial charge in [-0.3, -0.25) is 9.59 Å². The number of anilines is 2. The summed E-state index contributed by atoms with van der Waals surface area (Å²) in [6, 6.07) is 13.8. The third-order valence-corrected chi connectivity index (χ3v) is 10.0. The van der Waals surface area contributed by atoms with Crippen LogP contribution in [0.25, 0.3) is 11.1 Å². The van der Waals surface area contributed by atoms with Crippen LogP contribution in [0.15, 0.2) is 48.7 Å². The maximum Gasteiger partial charge on any atom is 0.255 e. The predicted octanol–water partition coefficient (Wildman–Crippen LogP) is 5.21. The second-order valence-electron chi connectivity index (χ2n) is 13.1. The average Bonchev–Trinajstić information content (AvgIpc) is 3.74. The van der Waals surface area contributed by atoms with Crippen molar-refractivity contribution < 1.29 is 14.3 Å². The van der Waals surface area contributed by atoms with Crippen LogP contribution in [0.1, 0.15) is 76.8 Å². The van der Waals surface area contributed by atoms with Crippen molar-refractivity contribution in [2.45, 2.75) is 70.9 Å². The molecule has 0 unspecified atom stereocenters.